The quantitative estimate of drug-likeness (QED) is 0.175. The molecule has 0 aromatic rings. The van der Waals surface area contributed by atoms with Gasteiger partial charge < -0.3 is 41.4 Å². The maximum absolute atomic E-state index is 9.55. The van der Waals surface area contributed by atoms with Gasteiger partial charge in [0.15, 0.2) is 0 Å². The summed E-state index contributed by atoms with van der Waals surface area (Å²) in [5, 5.41) is 31.2. The molecule has 0 radical (unpaired) electrons. The average molecular weight is 380 g/mol. The predicted octanol–water partition coefficient (Wildman–Crippen LogP) is -1.64. The zero-order valence-electron chi connectivity index (χ0n) is 13.9. The molecule has 0 bridgehead atoms. The van der Waals surface area contributed by atoms with Crippen molar-refractivity contribution < 1.29 is 49.1 Å². The van der Waals surface area contributed by atoms with Gasteiger partial charge in [0.2, 0.25) is 0 Å². The molecule has 12 heteroatoms. The number of hydrogen-bond donors (Lipinski definition) is 6. The number of rotatable bonds is 11. The van der Waals surface area contributed by atoms with Gasteiger partial charge in [-0.2, -0.15) is 0 Å². The lowest BCUT2D eigenvalue weighted by Gasteiger charge is -2.02. The summed E-state index contributed by atoms with van der Waals surface area (Å²) in [6, 6.07) is 0. The minimum Gasteiger partial charge on any atom is -0.478 e. The molecule has 0 heterocycles. The van der Waals surface area contributed by atoms with Gasteiger partial charge in [-0.05, 0) is 0 Å². The predicted molar refractivity (Wildman–Crippen MR) is 88.6 cm³/mol. The number of hydrogen-bond acceptors (Lipinski definition) is 8. The Bertz CT molecular complexity index is 389. The summed E-state index contributed by atoms with van der Waals surface area (Å²) in [6.45, 7) is 3.56. The van der Waals surface area contributed by atoms with Gasteiger partial charge in [-0.25, -0.2) is 19.2 Å². The highest BCUT2D eigenvalue weighted by molar-refractivity contribution is 5.90. The topological polar surface area (TPSA) is 220 Å². The Morgan fingerprint density at radius 2 is 0.808 bits per heavy atom. The van der Waals surface area contributed by atoms with Crippen molar-refractivity contribution in [2.45, 2.75) is 0 Å². The van der Waals surface area contributed by atoms with Crippen LogP contribution >= 0.6 is 0 Å². The molecule has 0 fully saturated rings. The van der Waals surface area contributed by atoms with E-state index in [4.69, 9.17) is 41.4 Å². The molecule has 0 rings (SSSR count). The number of nitrogens with two attached hydrogens (primary N) is 2. The van der Waals surface area contributed by atoms with Crippen molar-refractivity contribution in [1.29, 1.82) is 0 Å². The summed E-state index contributed by atoms with van der Waals surface area (Å²) in [7, 11) is 0. The highest BCUT2D eigenvalue weighted by Crippen LogP contribution is 1.75. The van der Waals surface area contributed by atoms with E-state index >= 15 is 0 Å². The van der Waals surface area contributed by atoms with E-state index in [1.165, 1.54) is 0 Å². The second kappa shape index (κ2) is 22.2. The number of carbonyl (C=O) groups is 4. The maximum atomic E-state index is 9.55. The van der Waals surface area contributed by atoms with E-state index in [9.17, 15) is 19.2 Å². The zero-order chi connectivity index (χ0) is 20.8. The van der Waals surface area contributed by atoms with Crippen LogP contribution in [0, 0.1) is 0 Å². The van der Waals surface area contributed by atoms with Crippen LogP contribution < -0.4 is 11.5 Å². The van der Waals surface area contributed by atoms with E-state index in [1.807, 2.05) is 0 Å². The van der Waals surface area contributed by atoms with E-state index in [1.54, 1.807) is 0 Å². The van der Waals surface area contributed by atoms with Crippen molar-refractivity contribution in [1.82, 2.24) is 0 Å². The molecule has 0 aromatic heterocycles. The summed E-state index contributed by atoms with van der Waals surface area (Å²) in [5.41, 5.74) is 10.4. The third-order valence-corrected chi connectivity index (χ3v) is 1.63. The lowest BCUT2D eigenvalue weighted by Crippen LogP contribution is -2.14. The Morgan fingerprint density at radius 3 is 0.962 bits per heavy atom. The van der Waals surface area contributed by atoms with Crippen molar-refractivity contribution in [2.75, 3.05) is 39.5 Å². The normalized spacial score (nSPS) is 9.77. The Balaban J connectivity index is -0.000000308. The van der Waals surface area contributed by atoms with Gasteiger partial charge in [-0.3, -0.25) is 0 Å². The second-order valence-electron chi connectivity index (χ2n) is 3.82. The van der Waals surface area contributed by atoms with Crippen molar-refractivity contribution in [2.24, 2.45) is 11.5 Å². The minimum atomic E-state index is -1.26. The van der Waals surface area contributed by atoms with Crippen LogP contribution in [0.2, 0.25) is 0 Å². The van der Waals surface area contributed by atoms with Gasteiger partial charge in [-0.1, -0.05) is 0 Å². The number of ether oxygens (including phenoxy) is 2. The van der Waals surface area contributed by atoms with Crippen molar-refractivity contribution in [3.05, 3.63) is 24.3 Å². The van der Waals surface area contributed by atoms with Crippen LogP contribution in [0.3, 0.4) is 0 Å². The SMILES string of the molecule is NCCOCCOCCN.O=C(O)/C=C\C(=O)O.O=C(O)/C=C\C(=O)O. The fraction of sp³-hybridized carbons (Fsp3) is 0.429. The van der Waals surface area contributed by atoms with Gasteiger partial charge in [0.05, 0.1) is 26.4 Å². The van der Waals surface area contributed by atoms with Crippen LogP contribution in [0.15, 0.2) is 24.3 Å². The van der Waals surface area contributed by atoms with Gasteiger partial charge >= 0.3 is 23.9 Å². The molecule has 0 atom stereocenters. The first kappa shape index (κ1) is 28.0. The lowest BCUT2D eigenvalue weighted by atomic mass is 10.5. The Hall–Kier alpha value is -2.80. The molecular formula is C14H24N2O10. The standard InChI is InChI=1S/C6H16N2O2.2C4H4O4/c7-1-3-9-5-6-10-4-2-8;2*5-3(6)1-2-4(7)8/h1-8H2;2*1-2H,(H,5,6)(H,7,8)/b;2*2-1-. The summed E-state index contributed by atoms with van der Waals surface area (Å²) in [4.78, 5) is 38.2. The van der Waals surface area contributed by atoms with Gasteiger partial charge in [-0.15, -0.1) is 0 Å². The van der Waals surface area contributed by atoms with Gasteiger partial charge in [0, 0.05) is 37.4 Å². The van der Waals surface area contributed by atoms with Gasteiger partial charge in [0.1, 0.15) is 0 Å². The second-order valence-corrected chi connectivity index (χ2v) is 3.82. The largest absolute Gasteiger partial charge is 0.478 e. The molecule has 0 aromatic carbocycles. The third-order valence-electron chi connectivity index (χ3n) is 1.63. The fourth-order valence-corrected chi connectivity index (χ4v) is 0.774. The van der Waals surface area contributed by atoms with Crippen LogP contribution in [0.5, 0.6) is 0 Å². The highest BCUT2D eigenvalue weighted by Gasteiger charge is 1.89. The van der Waals surface area contributed by atoms with E-state index < -0.39 is 23.9 Å². The molecule has 0 aliphatic rings. The van der Waals surface area contributed by atoms with Crippen LogP contribution in [-0.4, -0.2) is 83.8 Å². The Labute approximate surface area is 149 Å². The number of carboxylic acid groups (broad SMARTS) is 4. The highest BCUT2D eigenvalue weighted by atomic mass is 16.5. The molecule has 26 heavy (non-hydrogen) atoms. The average Bonchev–Trinajstić information content (AvgIpc) is 2.55. The van der Waals surface area contributed by atoms with Crippen LogP contribution in [0.25, 0.3) is 0 Å². The third kappa shape index (κ3) is 42.9. The monoisotopic (exact) mass is 380 g/mol. The Kier molecular flexibility index (Phi) is 23.9. The number of carboxylic acids is 4. The van der Waals surface area contributed by atoms with E-state index in [2.05, 4.69) is 0 Å². The van der Waals surface area contributed by atoms with Crippen LogP contribution in [0.1, 0.15) is 0 Å². The zero-order valence-corrected chi connectivity index (χ0v) is 13.9. The fourth-order valence-electron chi connectivity index (χ4n) is 0.774. The first-order valence-corrected chi connectivity index (χ1v) is 7.00. The summed E-state index contributed by atoms with van der Waals surface area (Å²) in [6.07, 6.45) is 2.23. The van der Waals surface area contributed by atoms with E-state index in [0.29, 0.717) is 63.8 Å². The summed E-state index contributed by atoms with van der Waals surface area (Å²) < 4.78 is 10.1. The van der Waals surface area contributed by atoms with Crippen molar-refractivity contribution in [3.63, 3.8) is 0 Å². The molecule has 0 aliphatic heterocycles. The van der Waals surface area contributed by atoms with Crippen LogP contribution in [-0.2, 0) is 28.7 Å². The molecule has 0 saturated heterocycles. The minimum absolute atomic E-state index is 0.558. The molecule has 150 valence electrons. The Morgan fingerprint density at radius 1 is 0.577 bits per heavy atom. The smallest absolute Gasteiger partial charge is 0.328 e. The van der Waals surface area contributed by atoms with E-state index in [-0.39, 0.29) is 0 Å². The molecule has 8 N–H and O–H groups in total. The molecule has 0 spiro atoms. The molecule has 0 saturated carbocycles. The maximum Gasteiger partial charge on any atom is 0.328 e. The van der Waals surface area contributed by atoms with Gasteiger partial charge in [0.25, 0.3) is 0 Å². The summed E-state index contributed by atoms with van der Waals surface area (Å²) >= 11 is 0. The number of aliphatic carboxylic acids is 4. The molecule has 0 unspecified atom stereocenters. The van der Waals surface area contributed by atoms with Crippen molar-refractivity contribution in [3.8, 4) is 0 Å². The first-order valence-electron chi connectivity index (χ1n) is 7.00. The molecular weight excluding hydrogens is 356 g/mol. The van der Waals surface area contributed by atoms with Crippen molar-refractivity contribution >= 4 is 23.9 Å². The van der Waals surface area contributed by atoms with E-state index in [0.717, 1.165) is 0 Å². The summed E-state index contributed by atoms with van der Waals surface area (Å²) in [5.74, 6) is -5.03. The molecule has 0 amide bonds. The molecule has 12 nitrogen and oxygen atoms in total. The lowest BCUT2D eigenvalue weighted by molar-refractivity contribution is -0.134. The first-order chi connectivity index (χ1) is 12.2. The van der Waals surface area contributed by atoms with Crippen LogP contribution in [0.4, 0.5) is 0 Å². The molecule has 0 aliphatic carbocycles.